The number of rotatable bonds is 0. The van der Waals surface area contributed by atoms with Gasteiger partial charge in [0.15, 0.2) is 0 Å². The summed E-state index contributed by atoms with van der Waals surface area (Å²) in [5, 5.41) is 0. The van der Waals surface area contributed by atoms with Crippen molar-refractivity contribution < 1.29 is 74.7 Å². The minimum atomic E-state index is 0. The van der Waals surface area contributed by atoms with Crippen LogP contribution in [-0.2, 0) is 33.8 Å². The Morgan fingerprint density at radius 1 is 1.00 bits per heavy atom. The number of hydrogen-bond donors (Lipinski definition) is 0. The molecule has 0 aromatic rings. The van der Waals surface area contributed by atoms with E-state index in [1.54, 1.807) is 0 Å². The predicted molar refractivity (Wildman–Crippen MR) is 19.9 cm³/mol. The quantitative estimate of drug-likeness (QED) is 0.431. The molecule has 0 fully saturated rings. The Labute approximate surface area is 101 Å². The van der Waals surface area contributed by atoms with Crippen LogP contribution in [0.1, 0.15) is 0 Å². The van der Waals surface area contributed by atoms with Crippen LogP contribution >= 0.6 is 0 Å². The van der Waals surface area contributed by atoms with Crippen molar-refractivity contribution in [2.45, 2.75) is 0 Å². The third-order valence-electron chi connectivity index (χ3n) is 0. The topological polar surface area (TPSA) is 0 Å². The monoisotopic (exact) mass is 343 g/mol. The Kier molecular flexibility index (Phi) is 236. The predicted octanol–water partition coefficient (Wildman–Crippen LogP) is -2.37. The zero-order valence-electron chi connectivity index (χ0n) is 1.19. The fourth-order valence-electron chi connectivity index (χ4n) is 0. The summed E-state index contributed by atoms with van der Waals surface area (Å²) >= 11 is 0. The minimum Gasteiger partial charge on any atom is 0 e. The van der Waals surface area contributed by atoms with E-state index < -0.39 is 0 Å². The van der Waals surface area contributed by atoms with Crippen molar-refractivity contribution >= 4 is 28.2 Å². The molecule has 0 aliphatic carbocycles. The molecule has 0 nitrogen and oxygen atoms in total. The van der Waals surface area contributed by atoms with Crippen molar-refractivity contribution in [2.24, 2.45) is 0 Å². The fourth-order valence-corrected chi connectivity index (χ4v) is 0. The van der Waals surface area contributed by atoms with Crippen LogP contribution in [0.5, 0.6) is 0 Å². The van der Waals surface area contributed by atoms with Gasteiger partial charge in [-0.2, -0.15) is 0 Å². The van der Waals surface area contributed by atoms with Crippen molar-refractivity contribution in [3.63, 3.8) is 0 Å². The SMILES string of the molecule is B.[Co].[Fe].[GaH3].[Nd]. The van der Waals surface area contributed by atoms with Gasteiger partial charge in [0.05, 0.1) is 8.41 Å². The Morgan fingerprint density at radius 2 is 1.00 bits per heavy atom. The molecule has 0 unspecified atom stereocenters. The molecule has 5 heavy (non-hydrogen) atoms. The first-order valence-electron chi connectivity index (χ1n) is 0. The maximum Gasteiger partial charge on any atom is 0 e. The molecule has 0 amide bonds. The minimum absolute atomic E-state index is 0. The van der Waals surface area contributed by atoms with Crippen LogP contribution in [0.25, 0.3) is 0 Å². The normalized spacial score (nSPS) is 0. The van der Waals surface area contributed by atoms with E-state index in [-0.39, 0.29) is 103 Å². The van der Waals surface area contributed by atoms with Crippen molar-refractivity contribution in [2.75, 3.05) is 0 Å². The molecule has 0 spiro atoms. The van der Waals surface area contributed by atoms with Crippen LogP contribution in [0.2, 0.25) is 0 Å². The smallest absolute Gasteiger partial charge is 0 e. The molecule has 0 aromatic heterocycles. The van der Waals surface area contributed by atoms with Crippen LogP contribution in [-0.4, -0.2) is 28.2 Å². The van der Waals surface area contributed by atoms with E-state index in [1.165, 1.54) is 0 Å². The maximum atomic E-state index is 0. The fraction of sp³-hybridized carbons (Fsp3) is 0. The van der Waals surface area contributed by atoms with Crippen LogP contribution in [0.4, 0.5) is 0 Å². The molecule has 0 atom stereocenters. The van der Waals surface area contributed by atoms with Crippen LogP contribution in [0.15, 0.2) is 0 Å². The Bertz CT molecular complexity index is 11.6. The first-order valence-corrected chi connectivity index (χ1v) is 0. The molecule has 0 aliphatic heterocycles. The van der Waals surface area contributed by atoms with Crippen LogP contribution in [0.3, 0.4) is 0 Å². The molecule has 0 rings (SSSR count). The van der Waals surface area contributed by atoms with Crippen molar-refractivity contribution in [1.29, 1.82) is 0 Å². The molecule has 33 valence electrons. The molecule has 0 bridgehead atoms. The van der Waals surface area contributed by atoms with E-state index in [0.29, 0.717) is 0 Å². The zero-order valence-corrected chi connectivity index (χ0v) is 6.54. The van der Waals surface area contributed by atoms with Crippen molar-refractivity contribution in [3.05, 3.63) is 0 Å². The Hall–Kier alpha value is 3.08. The molecule has 0 aromatic carbocycles. The molecule has 0 N–H and O–H groups in total. The molecule has 0 saturated heterocycles. The molecular formula is H6BCoFeGaNd. The second kappa shape index (κ2) is 27.6. The van der Waals surface area contributed by atoms with Gasteiger partial charge in [-0.15, -0.1) is 0 Å². The van der Waals surface area contributed by atoms with E-state index in [2.05, 4.69) is 0 Å². The Balaban J connectivity index is 0. The van der Waals surface area contributed by atoms with E-state index in [0.717, 1.165) is 0 Å². The van der Waals surface area contributed by atoms with Gasteiger partial charge in [-0.3, -0.25) is 0 Å². The van der Waals surface area contributed by atoms with Gasteiger partial charge in [0.1, 0.15) is 0 Å². The molecule has 0 saturated carbocycles. The van der Waals surface area contributed by atoms with E-state index in [9.17, 15) is 0 Å². The molecule has 0 heterocycles. The molecule has 1 radical (unpaired) electrons. The summed E-state index contributed by atoms with van der Waals surface area (Å²) in [4.78, 5) is 0. The summed E-state index contributed by atoms with van der Waals surface area (Å²) in [7, 11) is 0. The van der Waals surface area contributed by atoms with Gasteiger partial charge >= 0.3 is 19.8 Å². The molecular weight excluding hydrogens is 340 g/mol. The summed E-state index contributed by atoms with van der Waals surface area (Å²) in [6.45, 7) is 0. The Morgan fingerprint density at radius 3 is 1.00 bits per heavy atom. The van der Waals surface area contributed by atoms with Gasteiger partial charge < -0.3 is 0 Å². The summed E-state index contributed by atoms with van der Waals surface area (Å²) in [5.74, 6) is 0. The zero-order chi connectivity index (χ0) is 0. The average Bonchev–Trinajstić information content (AvgIpc) is 0. The van der Waals surface area contributed by atoms with E-state index in [1.807, 2.05) is 0 Å². The summed E-state index contributed by atoms with van der Waals surface area (Å²) < 4.78 is 0. The first-order chi connectivity index (χ1) is 0. The largest absolute Gasteiger partial charge is 0 e. The van der Waals surface area contributed by atoms with E-state index in [4.69, 9.17) is 0 Å². The third kappa shape index (κ3) is 19.3. The second-order valence-corrected chi connectivity index (χ2v) is 0. The van der Waals surface area contributed by atoms with Gasteiger partial charge in [-0.05, 0) is 0 Å². The van der Waals surface area contributed by atoms with Gasteiger partial charge in [0, 0.05) is 74.7 Å². The van der Waals surface area contributed by atoms with Gasteiger partial charge in [-0.25, -0.2) is 0 Å². The molecule has 5 heteroatoms. The first kappa shape index (κ1) is 42.7. The van der Waals surface area contributed by atoms with Gasteiger partial charge in [-0.1, -0.05) is 0 Å². The third-order valence-corrected chi connectivity index (χ3v) is 0. The summed E-state index contributed by atoms with van der Waals surface area (Å²) in [5.41, 5.74) is 0. The van der Waals surface area contributed by atoms with Crippen LogP contribution < -0.4 is 0 Å². The summed E-state index contributed by atoms with van der Waals surface area (Å²) in [6, 6.07) is 0. The van der Waals surface area contributed by atoms with Crippen LogP contribution in [0, 0.1) is 40.8 Å². The van der Waals surface area contributed by atoms with Gasteiger partial charge in [0.25, 0.3) is 0 Å². The second-order valence-electron chi connectivity index (χ2n) is 0. The standard InChI is InChI=1S/BH3.Co.Fe.Ga.Nd.3H/h1H3;;;;;;;. The summed E-state index contributed by atoms with van der Waals surface area (Å²) in [6.07, 6.45) is 0. The van der Waals surface area contributed by atoms with E-state index >= 15 is 0 Å². The van der Waals surface area contributed by atoms with Gasteiger partial charge in [0.2, 0.25) is 0 Å². The average molecular weight is 346 g/mol. The van der Waals surface area contributed by atoms with Crippen molar-refractivity contribution in [3.8, 4) is 0 Å². The van der Waals surface area contributed by atoms with Crippen molar-refractivity contribution in [1.82, 2.24) is 0 Å². The molecule has 0 aliphatic rings. The number of hydrogen-bond acceptors (Lipinski definition) is 0. The maximum absolute atomic E-state index is 0.